The van der Waals surface area contributed by atoms with E-state index in [4.69, 9.17) is 4.74 Å². The lowest BCUT2D eigenvalue weighted by molar-refractivity contribution is 0.397. The van der Waals surface area contributed by atoms with E-state index in [0.717, 1.165) is 12.3 Å². The van der Waals surface area contributed by atoms with Crippen molar-refractivity contribution in [3.8, 4) is 5.75 Å². The largest absolute Gasteiger partial charge is 0.496 e. The van der Waals surface area contributed by atoms with Crippen LogP contribution in [0.4, 0.5) is 0 Å². The maximum atomic E-state index is 5.45. The van der Waals surface area contributed by atoms with Crippen molar-refractivity contribution in [3.05, 3.63) is 16.3 Å². The molecule has 3 heteroatoms. The van der Waals surface area contributed by atoms with Gasteiger partial charge < -0.3 is 10.1 Å². The molecule has 1 atom stereocenters. The molecule has 0 saturated carbocycles. The quantitative estimate of drug-likeness (QED) is 0.511. The minimum Gasteiger partial charge on any atom is -0.496 e. The lowest BCUT2D eigenvalue weighted by Gasteiger charge is -2.17. The van der Waals surface area contributed by atoms with E-state index in [1.54, 1.807) is 7.11 Å². The monoisotopic (exact) mass is 297 g/mol. The zero-order valence-electron chi connectivity index (χ0n) is 13.4. The predicted octanol–water partition coefficient (Wildman–Crippen LogP) is 5.55. The summed E-state index contributed by atoms with van der Waals surface area (Å²) >= 11 is 1.81. The van der Waals surface area contributed by atoms with Crippen LogP contribution in [0.1, 0.15) is 76.1 Å². The zero-order valence-corrected chi connectivity index (χ0v) is 14.2. The number of nitrogens with one attached hydrogen (secondary N) is 1. The van der Waals surface area contributed by atoms with Crippen molar-refractivity contribution in [2.45, 2.75) is 71.3 Å². The molecular weight excluding hydrogens is 266 g/mol. The van der Waals surface area contributed by atoms with Crippen LogP contribution in [0.2, 0.25) is 0 Å². The minimum absolute atomic E-state index is 0.464. The van der Waals surface area contributed by atoms with Crippen LogP contribution in [0.5, 0.6) is 5.75 Å². The first-order chi connectivity index (χ1) is 9.83. The van der Waals surface area contributed by atoms with Crippen LogP contribution in [0.15, 0.2) is 11.4 Å². The van der Waals surface area contributed by atoms with Crippen LogP contribution in [0, 0.1) is 0 Å². The van der Waals surface area contributed by atoms with Gasteiger partial charge in [0.15, 0.2) is 0 Å². The van der Waals surface area contributed by atoms with Crippen molar-refractivity contribution in [2.75, 3.05) is 13.7 Å². The van der Waals surface area contributed by atoms with Crippen LogP contribution in [0.3, 0.4) is 0 Å². The van der Waals surface area contributed by atoms with Crippen molar-refractivity contribution in [1.82, 2.24) is 5.32 Å². The second kappa shape index (κ2) is 11.2. The Balaban J connectivity index is 2.29. The maximum Gasteiger partial charge on any atom is 0.134 e. The standard InChI is InChI=1S/C17H31NOS/c1-4-6-7-8-9-10-11-12-15(18-5-2)17-16(19-3)13-14-20-17/h13-15,18H,4-12H2,1-3H3. The van der Waals surface area contributed by atoms with E-state index in [-0.39, 0.29) is 0 Å². The van der Waals surface area contributed by atoms with Crippen LogP contribution >= 0.6 is 11.3 Å². The summed E-state index contributed by atoms with van der Waals surface area (Å²) in [4.78, 5) is 1.36. The third-order valence-corrected chi connectivity index (χ3v) is 4.75. The SMILES string of the molecule is CCCCCCCCCC(NCC)c1sccc1OC. The molecule has 0 saturated heterocycles. The molecule has 0 aliphatic rings. The molecule has 116 valence electrons. The minimum atomic E-state index is 0.464. The molecule has 0 amide bonds. The van der Waals surface area contributed by atoms with Gasteiger partial charge in [-0.2, -0.15) is 0 Å². The van der Waals surface area contributed by atoms with Crippen molar-refractivity contribution >= 4 is 11.3 Å². The molecule has 20 heavy (non-hydrogen) atoms. The summed E-state index contributed by atoms with van der Waals surface area (Å²) in [5.41, 5.74) is 0. The zero-order chi connectivity index (χ0) is 14.6. The number of unbranched alkanes of at least 4 members (excludes halogenated alkanes) is 6. The summed E-state index contributed by atoms with van der Waals surface area (Å²) < 4.78 is 5.45. The first-order valence-corrected chi connectivity index (χ1v) is 9.06. The van der Waals surface area contributed by atoms with Crippen molar-refractivity contribution in [1.29, 1.82) is 0 Å². The third-order valence-electron chi connectivity index (χ3n) is 3.74. The molecule has 1 aromatic rings. The average Bonchev–Trinajstić information content (AvgIpc) is 2.93. The molecule has 1 heterocycles. The van der Waals surface area contributed by atoms with Gasteiger partial charge in [0.2, 0.25) is 0 Å². The van der Waals surface area contributed by atoms with Gasteiger partial charge in [-0.1, -0.05) is 58.8 Å². The molecule has 1 unspecified atom stereocenters. The van der Waals surface area contributed by atoms with Crippen molar-refractivity contribution in [3.63, 3.8) is 0 Å². The van der Waals surface area contributed by atoms with Gasteiger partial charge in [-0.15, -0.1) is 11.3 Å². The number of rotatable bonds is 12. The Labute approximate surface area is 128 Å². The Bertz CT molecular complexity index is 337. The highest BCUT2D eigenvalue weighted by atomic mass is 32.1. The molecule has 1 rings (SSSR count). The second-order valence-corrected chi connectivity index (χ2v) is 6.32. The highest BCUT2D eigenvalue weighted by Gasteiger charge is 2.16. The fourth-order valence-corrected chi connectivity index (χ4v) is 3.58. The van der Waals surface area contributed by atoms with Gasteiger partial charge in [-0.3, -0.25) is 0 Å². The number of ether oxygens (including phenoxy) is 1. The fraction of sp³-hybridized carbons (Fsp3) is 0.765. The Morgan fingerprint density at radius 1 is 1.10 bits per heavy atom. The van der Waals surface area contributed by atoms with E-state index in [1.165, 1.54) is 56.2 Å². The summed E-state index contributed by atoms with van der Waals surface area (Å²) in [7, 11) is 1.77. The van der Waals surface area contributed by atoms with E-state index in [2.05, 4.69) is 30.6 Å². The summed E-state index contributed by atoms with van der Waals surface area (Å²) in [6.07, 6.45) is 10.8. The predicted molar refractivity (Wildman–Crippen MR) is 89.9 cm³/mol. The van der Waals surface area contributed by atoms with Crippen molar-refractivity contribution < 1.29 is 4.74 Å². The maximum absolute atomic E-state index is 5.45. The topological polar surface area (TPSA) is 21.3 Å². The summed E-state index contributed by atoms with van der Waals surface area (Å²) in [5.74, 6) is 1.05. The number of thiophene rings is 1. The average molecular weight is 298 g/mol. The van der Waals surface area contributed by atoms with Crippen LogP contribution in [-0.4, -0.2) is 13.7 Å². The number of hydrogen-bond donors (Lipinski definition) is 1. The first-order valence-electron chi connectivity index (χ1n) is 8.18. The molecule has 0 fully saturated rings. The molecule has 0 radical (unpaired) electrons. The Kier molecular flexibility index (Phi) is 9.77. The van der Waals surface area contributed by atoms with E-state index in [0.29, 0.717) is 6.04 Å². The molecule has 0 aromatic carbocycles. The Morgan fingerprint density at radius 2 is 1.80 bits per heavy atom. The van der Waals surface area contributed by atoms with E-state index >= 15 is 0 Å². The lowest BCUT2D eigenvalue weighted by Crippen LogP contribution is -2.20. The highest BCUT2D eigenvalue weighted by Crippen LogP contribution is 2.33. The van der Waals surface area contributed by atoms with Crippen molar-refractivity contribution in [2.24, 2.45) is 0 Å². The van der Waals surface area contributed by atoms with Gasteiger partial charge in [0.05, 0.1) is 12.0 Å². The van der Waals surface area contributed by atoms with Crippen LogP contribution in [0.25, 0.3) is 0 Å². The number of hydrogen-bond acceptors (Lipinski definition) is 3. The highest BCUT2D eigenvalue weighted by molar-refractivity contribution is 7.10. The normalized spacial score (nSPS) is 12.6. The van der Waals surface area contributed by atoms with Gasteiger partial charge in [0, 0.05) is 6.04 Å². The molecule has 0 aliphatic heterocycles. The Hall–Kier alpha value is -0.540. The van der Waals surface area contributed by atoms with Gasteiger partial charge in [0.1, 0.15) is 5.75 Å². The summed E-state index contributed by atoms with van der Waals surface area (Å²) in [6, 6.07) is 2.54. The van der Waals surface area contributed by atoms with E-state index in [1.807, 2.05) is 11.3 Å². The smallest absolute Gasteiger partial charge is 0.134 e. The summed E-state index contributed by atoms with van der Waals surface area (Å²) in [5, 5.41) is 5.73. The molecule has 0 spiro atoms. The van der Waals surface area contributed by atoms with Crippen LogP contribution in [-0.2, 0) is 0 Å². The van der Waals surface area contributed by atoms with E-state index in [9.17, 15) is 0 Å². The van der Waals surface area contributed by atoms with Gasteiger partial charge in [0.25, 0.3) is 0 Å². The lowest BCUT2D eigenvalue weighted by atomic mass is 10.0. The summed E-state index contributed by atoms with van der Waals surface area (Å²) in [6.45, 7) is 5.47. The van der Waals surface area contributed by atoms with Gasteiger partial charge in [-0.05, 0) is 24.4 Å². The molecule has 1 N–H and O–H groups in total. The Morgan fingerprint density at radius 3 is 2.45 bits per heavy atom. The number of methoxy groups -OCH3 is 1. The molecule has 0 aliphatic carbocycles. The van der Waals surface area contributed by atoms with Gasteiger partial charge in [-0.25, -0.2) is 0 Å². The molecule has 1 aromatic heterocycles. The third kappa shape index (κ3) is 6.27. The fourth-order valence-electron chi connectivity index (χ4n) is 2.61. The molecular formula is C17H31NOS. The van der Waals surface area contributed by atoms with Crippen LogP contribution < -0.4 is 10.1 Å². The molecule has 2 nitrogen and oxygen atoms in total. The second-order valence-electron chi connectivity index (χ2n) is 5.37. The van der Waals surface area contributed by atoms with E-state index < -0.39 is 0 Å². The van der Waals surface area contributed by atoms with Gasteiger partial charge >= 0.3 is 0 Å². The molecule has 0 bridgehead atoms. The first kappa shape index (κ1) is 17.5.